The molecule has 10 heteroatoms. The Morgan fingerprint density at radius 3 is 3.03 bits per heavy atom. The molecular formula is C24H24N8OS. The zero-order valence-electron chi connectivity index (χ0n) is 18.7. The second-order valence-electron chi connectivity index (χ2n) is 8.52. The van der Waals surface area contributed by atoms with Crippen LogP contribution in [-0.4, -0.2) is 46.1 Å². The molecule has 6 rings (SSSR count). The molecule has 1 aliphatic rings. The van der Waals surface area contributed by atoms with Crippen LogP contribution >= 0.6 is 11.8 Å². The smallest absolute Gasteiger partial charge is 0.243 e. The van der Waals surface area contributed by atoms with Crippen LogP contribution in [0.25, 0.3) is 33.0 Å². The largest absolute Gasteiger partial charge is 0.618 e. The lowest BCUT2D eigenvalue weighted by atomic mass is 10.1. The Hall–Kier alpha value is -3.63. The maximum absolute atomic E-state index is 12.2. The number of hydrogen-bond donors (Lipinski definition) is 3. The van der Waals surface area contributed by atoms with E-state index in [9.17, 15) is 5.21 Å². The molecule has 34 heavy (non-hydrogen) atoms. The lowest BCUT2D eigenvalue weighted by Gasteiger charge is -2.32. The summed E-state index contributed by atoms with van der Waals surface area (Å²) in [5.41, 5.74) is 10.3. The quantitative estimate of drug-likeness (QED) is 0.207. The first kappa shape index (κ1) is 20.9. The van der Waals surface area contributed by atoms with Crippen molar-refractivity contribution in [3.8, 4) is 0 Å². The Morgan fingerprint density at radius 2 is 2.18 bits per heavy atom. The third kappa shape index (κ3) is 3.55. The second-order valence-corrected chi connectivity index (χ2v) is 9.56. The van der Waals surface area contributed by atoms with E-state index in [0.29, 0.717) is 16.2 Å². The first-order valence-electron chi connectivity index (χ1n) is 11.3. The van der Waals surface area contributed by atoms with Gasteiger partial charge in [-0.25, -0.2) is 15.0 Å². The van der Waals surface area contributed by atoms with E-state index in [1.165, 1.54) is 18.0 Å². The minimum absolute atomic E-state index is 0.116. The Labute approximate surface area is 200 Å². The van der Waals surface area contributed by atoms with Crippen molar-refractivity contribution in [2.45, 2.75) is 28.9 Å². The number of piperidine rings is 1. The molecule has 172 valence electrons. The van der Waals surface area contributed by atoms with Crippen LogP contribution in [0.3, 0.4) is 0 Å². The van der Waals surface area contributed by atoms with Gasteiger partial charge < -0.3 is 26.1 Å². The normalized spacial score (nSPS) is 16.5. The minimum Gasteiger partial charge on any atom is -0.618 e. The Balaban J connectivity index is 1.51. The molecule has 4 aromatic heterocycles. The zero-order valence-corrected chi connectivity index (χ0v) is 19.5. The van der Waals surface area contributed by atoms with Crippen molar-refractivity contribution < 1.29 is 4.73 Å². The number of H-pyrrole nitrogens is 1. The van der Waals surface area contributed by atoms with E-state index < -0.39 is 0 Å². The summed E-state index contributed by atoms with van der Waals surface area (Å²) in [7, 11) is 1.91. The van der Waals surface area contributed by atoms with Crippen molar-refractivity contribution in [2.75, 3.05) is 30.4 Å². The van der Waals surface area contributed by atoms with Crippen LogP contribution in [0.1, 0.15) is 12.8 Å². The molecule has 5 heterocycles. The van der Waals surface area contributed by atoms with Gasteiger partial charge in [0.1, 0.15) is 17.0 Å². The Morgan fingerprint density at radius 1 is 1.26 bits per heavy atom. The highest BCUT2D eigenvalue weighted by Crippen LogP contribution is 2.38. The number of rotatable bonds is 4. The van der Waals surface area contributed by atoms with Crippen LogP contribution < -0.4 is 20.7 Å². The molecular weight excluding hydrogens is 448 g/mol. The lowest BCUT2D eigenvalue weighted by Crippen LogP contribution is -2.43. The number of pyridine rings is 2. The summed E-state index contributed by atoms with van der Waals surface area (Å²) in [4.78, 5) is 20.9. The van der Waals surface area contributed by atoms with Gasteiger partial charge in [0.2, 0.25) is 5.52 Å². The van der Waals surface area contributed by atoms with Crippen LogP contribution in [0.2, 0.25) is 0 Å². The molecule has 0 bridgehead atoms. The summed E-state index contributed by atoms with van der Waals surface area (Å²) in [6, 6.07) is 11.6. The molecule has 0 radical (unpaired) electrons. The van der Waals surface area contributed by atoms with Crippen molar-refractivity contribution in [3.63, 3.8) is 0 Å². The van der Waals surface area contributed by atoms with E-state index >= 15 is 0 Å². The molecule has 0 saturated carbocycles. The van der Waals surface area contributed by atoms with Crippen molar-refractivity contribution in [1.29, 1.82) is 0 Å². The highest BCUT2D eigenvalue weighted by Gasteiger charge is 2.24. The number of anilines is 2. The van der Waals surface area contributed by atoms with Crippen LogP contribution in [0.5, 0.6) is 0 Å². The molecule has 1 saturated heterocycles. The Bertz CT molecular complexity index is 1530. The summed E-state index contributed by atoms with van der Waals surface area (Å²) in [6.07, 6.45) is 5.27. The van der Waals surface area contributed by atoms with E-state index in [0.717, 1.165) is 69.0 Å². The third-order valence-corrected chi connectivity index (χ3v) is 7.09. The zero-order chi connectivity index (χ0) is 23.2. The van der Waals surface area contributed by atoms with Gasteiger partial charge in [0.05, 0.1) is 16.6 Å². The number of hydrogen-bond acceptors (Lipinski definition) is 8. The van der Waals surface area contributed by atoms with Crippen LogP contribution in [0.15, 0.2) is 58.8 Å². The van der Waals surface area contributed by atoms with Crippen molar-refractivity contribution in [3.05, 3.63) is 54.0 Å². The Kier molecular flexibility index (Phi) is 5.11. The molecule has 4 N–H and O–H groups in total. The van der Waals surface area contributed by atoms with Gasteiger partial charge in [0, 0.05) is 54.8 Å². The van der Waals surface area contributed by atoms with Gasteiger partial charge in [0.15, 0.2) is 11.4 Å². The fraction of sp³-hybridized carbons (Fsp3) is 0.250. The first-order valence-corrected chi connectivity index (χ1v) is 12.1. The fourth-order valence-corrected chi connectivity index (χ4v) is 5.43. The predicted octanol–water partition coefficient (Wildman–Crippen LogP) is 3.41. The number of nitrogens with two attached hydrogens (primary N) is 1. The van der Waals surface area contributed by atoms with Crippen LogP contribution in [-0.2, 0) is 0 Å². The van der Waals surface area contributed by atoms with Gasteiger partial charge in [-0.2, -0.15) is 4.73 Å². The van der Waals surface area contributed by atoms with Gasteiger partial charge in [-0.15, -0.1) is 0 Å². The topological polar surface area (TPSA) is 123 Å². The molecule has 0 unspecified atom stereocenters. The predicted molar refractivity (Wildman–Crippen MR) is 135 cm³/mol. The summed E-state index contributed by atoms with van der Waals surface area (Å²) in [5, 5.41) is 18.1. The summed E-state index contributed by atoms with van der Waals surface area (Å²) in [6.45, 7) is 1.65. The summed E-state index contributed by atoms with van der Waals surface area (Å²) >= 11 is 1.39. The molecule has 5 aromatic rings. The highest BCUT2D eigenvalue weighted by atomic mass is 32.2. The molecule has 1 fully saturated rings. The van der Waals surface area contributed by atoms with E-state index in [1.54, 1.807) is 12.3 Å². The average Bonchev–Trinajstić information content (AvgIpc) is 3.23. The molecule has 1 aliphatic heterocycles. The van der Waals surface area contributed by atoms with Gasteiger partial charge in [-0.05, 0) is 36.7 Å². The molecule has 0 spiro atoms. The van der Waals surface area contributed by atoms with Gasteiger partial charge in [-0.1, -0.05) is 12.1 Å². The molecule has 0 amide bonds. The van der Waals surface area contributed by atoms with Crippen molar-refractivity contribution >= 4 is 56.2 Å². The van der Waals surface area contributed by atoms with E-state index in [4.69, 9.17) is 15.7 Å². The van der Waals surface area contributed by atoms with E-state index in [1.807, 2.05) is 31.3 Å². The number of aromatic nitrogens is 5. The third-order valence-electron chi connectivity index (χ3n) is 6.27. The standard InChI is InChI=1S/C24H24N8OS/c1-26-18-7-2-6-16-20-22(28-21(16)18)29-24(30-23(20)31-9-3-5-14(25)13-31)34-15-11-19-17(27-12-15)8-4-10-32(19)33/h2,4,6-8,10-12,14,26H,3,5,9,13,25H2,1H3,(H,28,29,30)/t14-/m1/s1. The first-order chi connectivity index (χ1) is 16.6. The number of benzene rings is 1. The minimum atomic E-state index is 0.116. The highest BCUT2D eigenvalue weighted by molar-refractivity contribution is 7.99. The number of para-hydroxylation sites is 1. The number of nitrogens with zero attached hydrogens (tertiary/aromatic N) is 5. The molecule has 9 nitrogen and oxygen atoms in total. The summed E-state index contributed by atoms with van der Waals surface area (Å²) in [5.74, 6) is 0.884. The van der Waals surface area contributed by atoms with Crippen molar-refractivity contribution in [2.24, 2.45) is 5.73 Å². The lowest BCUT2D eigenvalue weighted by molar-refractivity contribution is -0.577. The van der Waals surface area contributed by atoms with E-state index in [2.05, 4.69) is 26.3 Å². The molecule has 1 atom stereocenters. The van der Waals surface area contributed by atoms with Crippen LogP contribution in [0.4, 0.5) is 11.5 Å². The maximum atomic E-state index is 12.2. The molecule has 0 aliphatic carbocycles. The van der Waals surface area contributed by atoms with Gasteiger partial charge >= 0.3 is 0 Å². The van der Waals surface area contributed by atoms with Crippen molar-refractivity contribution in [1.82, 2.24) is 19.9 Å². The van der Waals surface area contributed by atoms with Gasteiger partial charge in [-0.3, -0.25) is 0 Å². The number of aromatic amines is 1. The number of nitrogens with one attached hydrogen (secondary N) is 2. The second kappa shape index (κ2) is 8.30. The SMILES string of the molecule is CNc1cccc2c1[nH]c1nc(Sc3cnc4ccc[n+]([O-])c4c3)nc(N3CCC[C@@H](N)C3)c12. The fourth-order valence-electron chi connectivity index (χ4n) is 4.67. The monoisotopic (exact) mass is 472 g/mol. The summed E-state index contributed by atoms with van der Waals surface area (Å²) < 4.78 is 0.827. The van der Waals surface area contributed by atoms with E-state index in [-0.39, 0.29) is 6.04 Å². The van der Waals surface area contributed by atoms with Gasteiger partial charge in [0.25, 0.3) is 0 Å². The van der Waals surface area contributed by atoms with Crippen LogP contribution in [0, 0.1) is 5.21 Å². The molecule has 1 aromatic carbocycles. The maximum Gasteiger partial charge on any atom is 0.243 e. The average molecular weight is 473 g/mol. The number of fused-ring (bicyclic) bond motifs is 4.